The molecule has 0 amide bonds. The summed E-state index contributed by atoms with van der Waals surface area (Å²) in [5, 5.41) is 3.60. The number of nitrogens with one attached hydrogen (secondary N) is 1. The first-order chi connectivity index (χ1) is 9.40. The topological polar surface area (TPSA) is 15.3 Å². The van der Waals surface area contributed by atoms with Crippen molar-refractivity contribution in [2.75, 3.05) is 38.2 Å². The van der Waals surface area contributed by atoms with E-state index in [1.807, 2.05) is 11.8 Å². The van der Waals surface area contributed by atoms with Gasteiger partial charge in [-0.3, -0.25) is 4.90 Å². The Balaban J connectivity index is 1.69. The van der Waals surface area contributed by atoms with Gasteiger partial charge in [-0.1, -0.05) is 25.7 Å². The van der Waals surface area contributed by atoms with Gasteiger partial charge in [0.15, 0.2) is 0 Å². The highest BCUT2D eigenvalue weighted by Crippen LogP contribution is 2.29. The molecule has 0 aromatic carbocycles. The Morgan fingerprint density at radius 2 is 1.68 bits per heavy atom. The van der Waals surface area contributed by atoms with Crippen molar-refractivity contribution in [3.05, 3.63) is 0 Å². The van der Waals surface area contributed by atoms with Crippen LogP contribution in [-0.2, 0) is 0 Å². The maximum absolute atomic E-state index is 3.60. The van der Waals surface area contributed by atoms with Crippen LogP contribution in [0.25, 0.3) is 0 Å². The first kappa shape index (κ1) is 15.7. The molecule has 112 valence electrons. The zero-order chi connectivity index (χ0) is 13.3. The minimum Gasteiger partial charge on any atom is -0.315 e. The molecule has 0 saturated heterocycles. The van der Waals surface area contributed by atoms with Crippen LogP contribution >= 0.6 is 11.8 Å². The molecule has 1 N–H and O–H groups in total. The Bertz CT molecular complexity index is 223. The standard InChI is InChI=1S/C16H32N2S/c1-19-13-11-17-10-12-18(16-8-4-5-9-16)14-15-6-2-3-7-15/h15-17H,2-14H2,1H3. The number of nitrogens with zero attached hydrogens (tertiary/aromatic N) is 1. The Morgan fingerprint density at radius 1 is 1.00 bits per heavy atom. The van der Waals surface area contributed by atoms with Crippen LogP contribution in [0.15, 0.2) is 0 Å². The van der Waals surface area contributed by atoms with Gasteiger partial charge in [0.25, 0.3) is 0 Å². The highest BCUT2D eigenvalue weighted by Gasteiger charge is 2.25. The van der Waals surface area contributed by atoms with E-state index in [2.05, 4.69) is 16.5 Å². The molecule has 0 aromatic heterocycles. The number of thioether (sulfide) groups is 1. The Morgan fingerprint density at radius 3 is 2.37 bits per heavy atom. The van der Waals surface area contributed by atoms with Crippen molar-refractivity contribution >= 4 is 11.8 Å². The fraction of sp³-hybridized carbons (Fsp3) is 1.00. The van der Waals surface area contributed by atoms with Crippen LogP contribution in [0.2, 0.25) is 0 Å². The fourth-order valence-corrected chi connectivity index (χ4v) is 4.09. The largest absolute Gasteiger partial charge is 0.315 e. The van der Waals surface area contributed by atoms with E-state index in [9.17, 15) is 0 Å². The molecular formula is C16H32N2S. The van der Waals surface area contributed by atoms with Gasteiger partial charge in [0.2, 0.25) is 0 Å². The highest BCUT2D eigenvalue weighted by atomic mass is 32.2. The number of hydrogen-bond donors (Lipinski definition) is 1. The van der Waals surface area contributed by atoms with E-state index >= 15 is 0 Å². The van der Waals surface area contributed by atoms with Crippen molar-refractivity contribution in [1.29, 1.82) is 0 Å². The molecule has 0 unspecified atom stereocenters. The van der Waals surface area contributed by atoms with E-state index in [4.69, 9.17) is 0 Å². The second kappa shape index (κ2) is 9.25. The lowest BCUT2D eigenvalue weighted by Gasteiger charge is -2.31. The summed E-state index contributed by atoms with van der Waals surface area (Å²) in [7, 11) is 0. The molecule has 0 atom stereocenters. The smallest absolute Gasteiger partial charge is 0.0110 e. The van der Waals surface area contributed by atoms with Crippen molar-refractivity contribution in [3.63, 3.8) is 0 Å². The molecule has 0 aliphatic heterocycles. The van der Waals surface area contributed by atoms with Gasteiger partial charge >= 0.3 is 0 Å². The lowest BCUT2D eigenvalue weighted by Crippen LogP contribution is -2.41. The van der Waals surface area contributed by atoms with E-state index in [1.54, 1.807) is 0 Å². The monoisotopic (exact) mass is 284 g/mol. The highest BCUT2D eigenvalue weighted by molar-refractivity contribution is 7.98. The normalized spacial score (nSPS) is 21.8. The van der Waals surface area contributed by atoms with E-state index in [0.717, 1.165) is 12.0 Å². The molecule has 2 rings (SSSR count). The van der Waals surface area contributed by atoms with Gasteiger partial charge < -0.3 is 5.32 Å². The summed E-state index contributed by atoms with van der Waals surface area (Å²) in [5.74, 6) is 2.25. The van der Waals surface area contributed by atoms with Gasteiger partial charge in [-0.2, -0.15) is 11.8 Å². The first-order valence-electron chi connectivity index (χ1n) is 8.34. The zero-order valence-corrected chi connectivity index (χ0v) is 13.5. The Kier molecular flexibility index (Phi) is 7.62. The number of rotatable bonds is 9. The van der Waals surface area contributed by atoms with Crippen LogP contribution in [0, 0.1) is 5.92 Å². The summed E-state index contributed by atoms with van der Waals surface area (Å²) >= 11 is 1.94. The van der Waals surface area contributed by atoms with Gasteiger partial charge in [0, 0.05) is 38.0 Å². The quantitative estimate of drug-likeness (QED) is 0.654. The predicted molar refractivity (Wildman–Crippen MR) is 87.0 cm³/mol. The van der Waals surface area contributed by atoms with E-state index < -0.39 is 0 Å². The van der Waals surface area contributed by atoms with Crippen molar-refractivity contribution in [3.8, 4) is 0 Å². The summed E-state index contributed by atoms with van der Waals surface area (Å²) in [5.41, 5.74) is 0. The lowest BCUT2D eigenvalue weighted by atomic mass is 10.1. The third kappa shape index (κ3) is 5.65. The molecule has 2 saturated carbocycles. The molecule has 2 aliphatic carbocycles. The van der Waals surface area contributed by atoms with Crippen molar-refractivity contribution in [1.82, 2.24) is 10.2 Å². The minimum absolute atomic E-state index is 0.906. The molecular weight excluding hydrogens is 252 g/mol. The molecule has 2 nitrogen and oxygen atoms in total. The summed E-state index contributed by atoms with van der Waals surface area (Å²) in [4.78, 5) is 2.83. The maximum Gasteiger partial charge on any atom is 0.0110 e. The fourth-order valence-electron chi connectivity index (χ4n) is 3.74. The average molecular weight is 285 g/mol. The summed E-state index contributed by atoms with van der Waals surface area (Å²) < 4.78 is 0. The van der Waals surface area contributed by atoms with E-state index in [1.165, 1.54) is 83.3 Å². The number of hydrogen-bond acceptors (Lipinski definition) is 3. The van der Waals surface area contributed by atoms with Crippen LogP contribution in [-0.4, -0.2) is 49.1 Å². The van der Waals surface area contributed by atoms with Crippen molar-refractivity contribution in [2.45, 2.75) is 57.4 Å². The third-order valence-corrected chi connectivity index (χ3v) is 5.48. The van der Waals surface area contributed by atoms with Gasteiger partial charge in [0.1, 0.15) is 0 Å². The summed E-state index contributed by atoms with van der Waals surface area (Å²) in [6, 6.07) is 0.906. The maximum atomic E-state index is 3.60. The van der Waals surface area contributed by atoms with Crippen LogP contribution in [0.5, 0.6) is 0 Å². The zero-order valence-electron chi connectivity index (χ0n) is 12.7. The van der Waals surface area contributed by atoms with Crippen LogP contribution in [0.4, 0.5) is 0 Å². The summed E-state index contributed by atoms with van der Waals surface area (Å²) in [6.45, 7) is 5.01. The molecule has 0 spiro atoms. The average Bonchev–Trinajstić information content (AvgIpc) is 3.10. The van der Waals surface area contributed by atoms with Crippen LogP contribution < -0.4 is 5.32 Å². The third-order valence-electron chi connectivity index (χ3n) is 4.87. The second-order valence-electron chi connectivity index (χ2n) is 6.33. The van der Waals surface area contributed by atoms with Crippen molar-refractivity contribution < 1.29 is 0 Å². The van der Waals surface area contributed by atoms with Crippen LogP contribution in [0.3, 0.4) is 0 Å². The minimum atomic E-state index is 0.906. The molecule has 0 bridgehead atoms. The molecule has 0 aromatic rings. The van der Waals surface area contributed by atoms with Gasteiger partial charge in [-0.25, -0.2) is 0 Å². The van der Waals surface area contributed by atoms with Gasteiger partial charge in [-0.15, -0.1) is 0 Å². The lowest BCUT2D eigenvalue weighted by molar-refractivity contribution is 0.170. The van der Waals surface area contributed by atoms with Crippen molar-refractivity contribution in [2.24, 2.45) is 5.92 Å². The summed E-state index contributed by atoms with van der Waals surface area (Å²) in [6.07, 6.45) is 14.0. The van der Waals surface area contributed by atoms with E-state index in [-0.39, 0.29) is 0 Å². The molecule has 0 heterocycles. The molecule has 0 radical (unpaired) electrons. The first-order valence-corrected chi connectivity index (χ1v) is 9.73. The van der Waals surface area contributed by atoms with Gasteiger partial charge in [-0.05, 0) is 37.9 Å². The molecule has 2 fully saturated rings. The molecule has 3 heteroatoms. The van der Waals surface area contributed by atoms with Gasteiger partial charge in [0.05, 0.1) is 0 Å². The van der Waals surface area contributed by atoms with Crippen LogP contribution in [0.1, 0.15) is 51.4 Å². The Hall–Kier alpha value is 0.270. The molecule has 19 heavy (non-hydrogen) atoms. The predicted octanol–water partition coefficient (Wildman–Crippen LogP) is 3.37. The Labute approximate surface area is 124 Å². The molecule has 2 aliphatic rings. The second-order valence-corrected chi connectivity index (χ2v) is 7.31. The SMILES string of the molecule is CSCCNCCN(CC1CCCC1)C1CCCC1. The van der Waals surface area contributed by atoms with E-state index in [0.29, 0.717) is 0 Å².